The van der Waals surface area contributed by atoms with E-state index in [2.05, 4.69) is 20.6 Å². The summed E-state index contributed by atoms with van der Waals surface area (Å²) in [4.78, 5) is 12.4. The van der Waals surface area contributed by atoms with Crippen molar-refractivity contribution >= 4 is 29.0 Å². The van der Waals surface area contributed by atoms with Crippen molar-refractivity contribution in [3.63, 3.8) is 0 Å². The molecule has 0 radical (unpaired) electrons. The quantitative estimate of drug-likeness (QED) is 0.481. The molecule has 0 aliphatic carbocycles. The molecule has 4 aromatic rings. The van der Waals surface area contributed by atoms with Crippen molar-refractivity contribution in [2.75, 3.05) is 24.3 Å². The highest BCUT2D eigenvalue weighted by atomic mass is 32.2. The number of hydrogen-bond donors (Lipinski definition) is 1. The number of rotatable bonds is 5. The first kappa shape index (κ1) is 19.4. The third-order valence-electron chi connectivity index (χ3n) is 4.73. The summed E-state index contributed by atoms with van der Waals surface area (Å²) < 4.78 is 12.8. The number of nitrogens with one attached hydrogen (secondary N) is 1. The van der Waals surface area contributed by atoms with Crippen molar-refractivity contribution in [3.8, 4) is 22.9 Å². The van der Waals surface area contributed by atoms with Crippen LogP contribution in [0.3, 0.4) is 0 Å². The van der Waals surface area contributed by atoms with Gasteiger partial charge in [0, 0.05) is 17.3 Å². The van der Waals surface area contributed by atoms with Gasteiger partial charge in [-0.25, -0.2) is 0 Å². The molecule has 1 amide bonds. The topological polar surface area (TPSA) is 90.6 Å². The molecule has 1 aliphatic heterocycles. The molecule has 0 saturated carbocycles. The predicted molar refractivity (Wildman–Crippen MR) is 118 cm³/mol. The molecule has 31 heavy (non-hydrogen) atoms. The summed E-state index contributed by atoms with van der Waals surface area (Å²) in [6.45, 7) is 3.07. The first-order chi connectivity index (χ1) is 15.2. The molecule has 0 bridgehead atoms. The molecule has 2 aromatic heterocycles. The fraction of sp³-hybridized carbons (Fsp3) is 0.182. The van der Waals surface area contributed by atoms with Gasteiger partial charge in [0.15, 0.2) is 23.0 Å². The van der Waals surface area contributed by atoms with E-state index in [1.54, 1.807) is 22.7 Å². The molecule has 156 valence electrons. The summed E-state index contributed by atoms with van der Waals surface area (Å²) >= 11 is 1.35. The number of aromatic nitrogens is 4. The van der Waals surface area contributed by atoms with Crippen LogP contribution in [0.1, 0.15) is 5.56 Å². The first-order valence-electron chi connectivity index (χ1n) is 9.77. The van der Waals surface area contributed by atoms with E-state index in [1.165, 1.54) is 17.3 Å². The Hall–Kier alpha value is -3.59. The maximum atomic E-state index is 12.4. The zero-order chi connectivity index (χ0) is 21.2. The van der Waals surface area contributed by atoms with Gasteiger partial charge >= 0.3 is 0 Å². The molecule has 1 N–H and O–H groups in total. The number of thioether (sulfide) groups is 1. The molecule has 1 aliphatic rings. The number of carbonyl (C=O) groups is 1. The first-order valence-corrected chi connectivity index (χ1v) is 10.8. The van der Waals surface area contributed by atoms with Crippen LogP contribution in [0.15, 0.2) is 59.6 Å². The van der Waals surface area contributed by atoms with E-state index in [0.29, 0.717) is 46.9 Å². The molecule has 8 nitrogen and oxygen atoms in total. The van der Waals surface area contributed by atoms with Gasteiger partial charge in [-0.05, 0) is 31.2 Å². The van der Waals surface area contributed by atoms with Crippen molar-refractivity contribution < 1.29 is 14.3 Å². The molecule has 2 aromatic carbocycles. The highest BCUT2D eigenvalue weighted by Gasteiger charge is 2.14. The number of ether oxygens (including phenoxy) is 2. The smallest absolute Gasteiger partial charge is 0.234 e. The van der Waals surface area contributed by atoms with Gasteiger partial charge in [-0.2, -0.15) is 9.61 Å². The lowest BCUT2D eigenvalue weighted by Crippen LogP contribution is -2.17. The van der Waals surface area contributed by atoms with Crippen molar-refractivity contribution in [1.82, 2.24) is 19.8 Å². The minimum Gasteiger partial charge on any atom is -0.486 e. The second-order valence-corrected chi connectivity index (χ2v) is 8.02. The summed E-state index contributed by atoms with van der Waals surface area (Å²) in [6.07, 6.45) is 0. The van der Waals surface area contributed by atoms with Crippen LogP contribution in [0.25, 0.3) is 17.0 Å². The molecule has 0 atom stereocenters. The minimum atomic E-state index is -0.133. The van der Waals surface area contributed by atoms with Crippen molar-refractivity contribution in [1.29, 1.82) is 0 Å². The van der Waals surface area contributed by atoms with E-state index >= 15 is 0 Å². The van der Waals surface area contributed by atoms with Crippen molar-refractivity contribution in [2.24, 2.45) is 0 Å². The fourth-order valence-corrected chi connectivity index (χ4v) is 3.84. The normalized spacial score (nSPS) is 12.7. The standard InChI is InChI=1S/C22H19N5O3S/c1-14-2-4-15(5-3-14)22-25-24-19-8-9-21(26-27(19)22)31-13-20(28)23-16-6-7-17-18(12-16)30-11-10-29-17/h2-9,12H,10-11,13H2,1H3,(H,23,28). The highest BCUT2D eigenvalue weighted by molar-refractivity contribution is 7.99. The van der Waals surface area contributed by atoms with Gasteiger partial charge in [-0.1, -0.05) is 41.6 Å². The Bertz CT molecular complexity index is 1260. The van der Waals surface area contributed by atoms with Crippen molar-refractivity contribution in [2.45, 2.75) is 11.9 Å². The minimum absolute atomic E-state index is 0.133. The summed E-state index contributed by atoms with van der Waals surface area (Å²) in [5.74, 6) is 2.08. The molecule has 3 heterocycles. The molecule has 0 fully saturated rings. The Morgan fingerprint density at radius 3 is 2.68 bits per heavy atom. The van der Waals surface area contributed by atoms with E-state index in [1.807, 2.05) is 43.3 Å². The Morgan fingerprint density at radius 2 is 1.84 bits per heavy atom. The van der Waals surface area contributed by atoms with Gasteiger partial charge in [-0.3, -0.25) is 4.79 Å². The maximum absolute atomic E-state index is 12.4. The largest absolute Gasteiger partial charge is 0.486 e. The van der Waals surface area contributed by atoms with E-state index in [-0.39, 0.29) is 11.7 Å². The molecular weight excluding hydrogens is 414 g/mol. The van der Waals surface area contributed by atoms with Gasteiger partial charge in [0.2, 0.25) is 5.91 Å². The van der Waals surface area contributed by atoms with Crippen molar-refractivity contribution in [3.05, 3.63) is 60.2 Å². The van der Waals surface area contributed by atoms with E-state index in [0.717, 1.165) is 5.56 Å². The van der Waals surface area contributed by atoms with Crippen LogP contribution in [-0.4, -0.2) is 44.7 Å². The average molecular weight is 433 g/mol. The van der Waals surface area contributed by atoms with Gasteiger partial charge < -0.3 is 14.8 Å². The Balaban J connectivity index is 1.28. The predicted octanol–water partition coefficient (Wildman–Crippen LogP) is 3.60. The third kappa shape index (κ3) is 4.17. The second kappa shape index (κ2) is 8.27. The summed E-state index contributed by atoms with van der Waals surface area (Å²) in [5, 5.41) is 16.6. The zero-order valence-corrected chi connectivity index (χ0v) is 17.6. The number of amides is 1. The van der Waals surface area contributed by atoms with Crippen LogP contribution in [0.5, 0.6) is 11.5 Å². The molecular formula is C22H19N5O3S. The number of anilines is 1. The summed E-state index contributed by atoms with van der Waals surface area (Å²) in [7, 11) is 0. The number of carbonyl (C=O) groups excluding carboxylic acids is 1. The van der Waals surface area contributed by atoms with Gasteiger partial charge in [0.05, 0.1) is 5.75 Å². The van der Waals surface area contributed by atoms with Crippen LogP contribution in [0.4, 0.5) is 5.69 Å². The maximum Gasteiger partial charge on any atom is 0.234 e. The Morgan fingerprint density at radius 1 is 1.03 bits per heavy atom. The number of hydrogen-bond acceptors (Lipinski definition) is 7. The van der Waals surface area contributed by atoms with E-state index < -0.39 is 0 Å². The van der Waals surface area contributed by atoms with Crippen LogP contribution in [0, 0.1) is 6.92 Å². The third-order valence-corrected chi connectivity index (χ3v) is 5.65. The molecule has 5 rings (SSSR count). The van der Waals surface area contributed by atoms with Gasteiger partial charge in [0.1, 0.15) is 18.2 Å². The number of aryl methyl sites for hydroxylation is 1. The molecule has 0 saturated heterocycles. The number of benzene rings is 2. The van der Waals surface area contributed by atoms with E-state index in [9.17, 15) is 4.79 Å². The molecule has 9 heteroatoms. The number of nitrogens with zero attached hydrogens (tertiary/aromatic N) is 4. The van der Waals surface area contributed by atoms with E-state index in [4.69, 9.17) is 9.47 Å². The van der Waals surface area contributed by atoms with Crippen LogP contribution < -0.4 is 14.8 Å². The Labute approximate surface area is 182 Å². The van der Waals surface area contributed by atoms with Crippen LogP contribution in [0.2, 0.25) is 0 Å². The highest BCUT2D eigenvalue weighted by Crippen LogP contribution is 2.32. The Kier molecular flexibility index (Phi) is 5.17. The summed E-state index contributed by atoms with van der Waals surface area (Å²) in [5.41, 5.74) is 3.43. The van der Waals surface area contributed by atoms with Gasteiger partial charge in [0.25, 0.3) is 0 Å². The van der Waals surface area contributed by atoms with Crippen LogP contribution in [-0.2, 0) is 4.79 Å². The average Bonchev–Trinajstić information content (AvgIpc) is 3.21. The second-order valence-electron chi connectivity index (χ2n) is 7.03. The fourth-order valence-electron chi connectivity index (χ4n) is 3.19. The molecule has 0 spiro atoms. The number of fused-ring (bicyclic) bond motifs is 2. The van der Waals surface area contributed by atoms with Gasteiger partial charge in [-0.15, -0.1) is 10.2 Å². The lowest BCUT2D eigenvalue weighted by molar-refractivity contribution is -0.113. The monoisotopic (exact) mass is 433 g/mol. The van der Waals surface area contributed by atoms with Crippen LogP contribution >= 0.6 is 11.8 Å². The lowest BCUT2D eigenvalue weighted by Gasteiger charge is -2.18. The SMILES string of the molecule is Cc1ccc(-c2nnc3ccc(SCC(=O)Nc4ccc5c(c4)OCCO5)nn23)cc1. The summed E-state index contributed by atoms with van der Waals surface area (Å²) in [6, 6.07) is 17.1. The lowest BCUT2D eigenvalue weighted by atomic mass is 10.1. The zero-order valence-electron chi connectivity index (χ0n) is 16.7. The molecule has 0 unspecified atom stereocenters.